The lowest BCUT2D eigenvalue weighted by atomic mass is 10.0. The molecule has 0 bridgehead atoms. The van der Waals surface area contributed by atoms with E-state index in [1.54, 1.807) is 4.68 Å². The molecule has 2 heterocycles. The van der Waals surface area contributed by atoms with Crippen LogP contribution >= 0.6 is 15.9 Å². The van der Waals surface area contributed by atoms with Crippen molar-refractivity contribution in [1.82, 2.24) is 20.2 Å². The summed E-state index contributed by atoms with van der Waals surface area (Å²) in [7, 11) is 0. The Labute approximate surface area is 107 Å². The van der Waals surface area contributed by atoms with Crippen LogP contribution in [-0.4, -0.2) is 25.9 Å². The van der Waals surface area contributed by atoms with Gasteiger partial charge in [0.1, 0.15) is 0 Å². The van der Waals surface area contributed by atoms with Gasteiger partial charge in [-0.1, -0.05) is 39.2 Å². The van der Waals surface area contributed by atoms with Gasteiger partial charge in [0.05, 0.1) is 6.04 Å². The number of hydrogen-bond acceptors (Lipinski definition) is 4. The molecule has 0 aliphatic carbocycles. The molecule has 0 amide bonds. The fourth-order valence-electron chi connectivity index (χ4n) is 2.03. The molecule has 0 radical (unpaired) electrons. The van der Waals surface area contributed by atoms with E-state index < -0.39 is 0 Å². The summed E-state index contributed by atoms with van der Waals surface area (Å²) in [6, 6.07) is 8.25. The number of halogens is 1. The Kier molecular flexibility index (Phi) is 2.51. The number of aliphatic imine (C=N–C) groups is 1. The molecule has 6 heteroatoms. The summed E-state index contributed by atoms with van der Waals surface area (Å²) in [6.07, 6.45) is 0.834. The van der Waals surface area contributed by atoms with Gasteiger partial charge in [-0.25, -0.2) is 9.67 Å². The number of nitrogens with zero attached hydrogens (tertiary/aromatic N) is 5. The van der Waals surface area contributed by atoms with Crippen molar-refractivity contribution in [2.45, 2.75) is 19.4 Å². The van der Waals surface area contributed by atoms with Crippen LogP contribution in [0, 0.1) is 0 Å². The SMILES string of the molecule is CC1=Nc2nnnn2C(c2ccccc2Br)C1. The molecule has 17 heavy (non-hydrogen) atoms. The highest BCUT2D eigenvalue weighted by molar-refractivity contribution is 9.10. The van der Waals surface area contributed by atoms with Crippen LogP contribution in [-0.2, 0) is 0 Å². The van der Waals surface area contributed by atoms with E-state index in [1.807, 2.05) is 25.1 Å². The van der Waals surface area contributed by atoms with Gasteiger partial charge in [0, 0.05) is 16.6 Å². The molecular formula is C11H10BrN5. The first-order valence-corrected chi connectivity index (χ1v) is 6.11. The van der Waals surface area contributed by atoms with Crippen molar-refractivity contribution in [3.8, 4) is 0 Å². The van der Waals surface area contributed by atoms with Gasteiger partial charge in [-0.3, -0.25) is 0 Å². The Balaban J connectivity index is 2.12. The van der Waals surface area contributed by atoms with Crippen LogP contribution in [0.2, 0.25) is 0 Å². The summed E-state index contributed by atoms with van der Waals surface area (Å²) >= 11 is 3.57. The lowest BCUT2D eigenvalue weighted by molar-refractivity contribution is 0.512. The Morgan fingerprint density at radius 1 is 1.35 bits per heavy atom. The molecule has 0 spiro atoms. The van der Waals surface area contributed by atoms with Crippen molar-refractivity contribution >= 4 is 27.6 Å². The third-order valence-corrected chi connectivity index (χ3v) is 3.54. The first-order valence-electron chi connectivity index (χ1n) is 5.32. The third-order valence-electron chi connectivity index (χ3n) is 2.81. The quantitative estimate of drug-likeness (QED) is 0.811. The van der Waals surface area contributed by atoms with E-state index in [1.165, 1.54) is 5.56 Å². The molecule has 1 aliphatic rings. The van der Waals surface area contributed by atoms with E-state index in [-0.39, 0.29) is 6.04 Å². The van der Waals surface area contributed by atoms with Gasteiger partial charge in [-0.05, 0) is 29.0 Å². The molecule has 1 aromatic carbocycles. The van der Waals surface area contributed by atoms with Crippen molar-refractivity contribution in [2.24, 2.45) is 4.99 Å². The number of benzene rings is 1. The average Bonchev–Trinajstić information content (AvgIpc) is 2.76. The number of fused-ring (bicyclic) bond motifs is 1. The van der Waals surface area contributed by atoms with Crippen molar-refractivity contribution in [2.75, 3.05) is 0 Å². The highest BCUT2D eigenvalue weighted by Crippen LogP contribution is 2.33. The van der Waals surface area contributed by atoms with Gasteiger partial charge in [-0.2, -0.15) is 0 Å². The zero-order chi connectivity index (χ0) is 11.8. The standard InChI is InChI=1S/C11H10BrN5/c1-7-6-10(8-4-2-3-5-9(8)12)17-11(13-7)14-15-16-17/h2-5,10H,6H2,1H3. The lowest BCUT2D eigenvalue weighted by Crippen LogP contribution is -2.19. The Morgan fingerprint density at radius 2 is 2.18 bits per heavy atom. The van der Waals surface area contributed by atoms with Crippen molar-refractivity contribution < 1.29 is 0 Å². The second-order valence-corrected chi connectivity index (χ2v) is 4.87. The topological polar surface area (TPSA) is 56.0 Å². The van der Waals surface area contributed by atoms with Crippen LogP contribution in [0.25, 0.3) is 0 Å². The van der Waals surface area contributed by atoms with Gasteiger partial charge in [0.2, 0.25) is 0 Å². The minimum absolute atomic E-state index is 0.119. The third kappa shape index (κ3) is 1.78. The summed E-state index contributed by atoms with van der Waals surface area (Å²) in [6.45, 7) is 2.00. The zero-order valence-electron chi connectivity index (χ0n) is 9.21. The molecule has 2 aromatic rings. The Bertz CT molecular complexity index is 589. The minimum atomic E-state index is 0.119. The molecule has 5 nitrogen and oxygen atoms in total. The van der Waals surface area contributed by atoms with Gasteiger partial charge in [0.25, 0.3) is 5.95 Å². The second-order valence-electron chi connectivity index (χ2n) is 4.01. The van der Waals surface area contributed by atoms with Gasteiger partial charge in [0.15, 0.2) is 0 Å². The van der Waals surface area contributed by atoms with Crippen LogP contribution in [0.3, 0.4) is 0 Å². The monoisotopic (exact) mass is 291 g/mol. The molecule has 1 aliphatic heterocycles. The van der Waals surface area contributed by atoms with Gasteiger partial charge < -0.3 is 0 Å². The van der Waals surface area contributed by atoms with Gasteiger partial charge >= 0.3 is 0 Å². The summed E-state index contributed by atoms with van der Waals surface area (Å²) in [5, 5.41) is 11.6. The van der Waals surface area contributed by atoms with Gasteiger partial charge in [-0.15, -0.1) is 0 Å². The second kappa shape index (κ2) is 4.03. The molecule has 3 rings (SSSR count). The highest BCUT2D eigenvalue weighted by atomic mass is 79.9. The van der Waals surface area contributed by atoms with E-state index in [0.29, 0.717) is 5.95 Å². The molecule has 0 N–H and O–H groups in total. The largest absolute Gasteiger partial charge is 0.269 e. The van der Waals surface area contributed by atoms with E-state index in [0.717, 1.165) is 16.6 Å². The van der Waals surface area contributed by atoms with Crippen LogP contribution in [0.1, 0.15) is 24.9 Å². The maximum Gasteiger partial charge on any atom is 0.269 e. The first kappa shape index (κ1) is 10.6. The predicted octanol–water partition coefficient (Wildman–Crippen LogP) is 2.52. The summed E-state index contributed by atoms with van der Waals surface area (Å²) in [4.78, 5) is 4.34. The van der Waals surface area contributed by atoms with E-state index >= 15 is 0 Å². The van der Waals surface area contributed by atoms with Crippen LogP contribution in [0.4, 0.5) is 5.95 Å². The molecule has 0 fully saturated rings. The maximum atomic E-state index is 4.34. The minimum Gasteiger partial charge on any atom is -0.220 e. The smallest absolute Gasteiger partial charge is 0.220 e. The Morgan fingerprint density at radius 3 is 3.00 bits per heavy atom. The summed E-state index contributed by atoms with van der Waals surface area (Å²) in [5.74, 6) is 0.578. The molecule has 0 saturated heterocycles. The van der Waals surface area contributed by atoms with Crippen molar-refractivity contribution in [3.63, 3.8) is 0 Å². The molecule has 0 saturated carbocycles. The molecule has 1 aromatic heterocycles. The predicted molar refractivity (Wildman–Crippen MR) is 67.5 cm³/mol. The van der Waals surface area contributed by atoms with E-state index in [2.05, 4.69) is 42.5 Å². The maximum absolute atomic E-state index is 4.34. The van der Waals surface area contributed by atoms with E-state index in [4.69, 9.17) is 0 Å². The average molecular weight is 292 g/mol. The fraction of sp³-hybridized carbons (Fsp3) is 0.273. The van der Waals surface area contributed by atoms with Crippen molar-refractivity contribution in [3.05, 3.63) is 34.3 Å². The first-order chi connectivity index (χ1) is 8.25. The highest BCUT2D eigenvalue weighted by Gasteiger charge is 2.25. The van der Waals surface area contributed by atoms with Crippen molar-refractivity contribution in [1.29, 1.82) is 0 Å². The number of tetrazole rings is 1. The van der Waals surface area contributed by atoms with Crippen LogP contribution < -0.4 is 0 Å². The Hall–Kier alpha value is -1.56. The number of rotatable bonds is 1. The fourth-order valence-corrected chi connectivity index (χ4v) is 2.58. The van der Waals surface area contributed by atoms with Crippen LogP contribution in [0.15, 0.2) is 33.7 Å². The zero-order valence-corrected chi connectivity index (χ0v) is 10.8. The molecular weight excluding hydrogens is 282 g/mol. The van der Waals surface area contributed by atoms with E-state index in [9.17, 15) is 0 Å². The normalized spacial score (nSPS) is 18.7. The lowest BCUT2D eigenvalue weighted by Gasteiger charge is -2.22. The molecule has 86 valence electrons. The molecule has 1 atom stereocenters. The molecule has 1 unspecified atom stereocenters. The van der Waals surface area contributed by atoms with Crippen LogP contribution in [0.5, 0.6) is 0 Å². The summed E-state index contributed by atoms with van der Waals surface area (Å²) in [5.41, 5.74) is 2.23. The summed E-state index contributed by atoms with van der Waals surface area (Å²) < 4.78 is 2.84. The number of hydrogen-bond donors (Lipinski definition) is 0. The number of aromatic nitrogens is 4.